The van der Waals surface area contributed by atoms with Crippen molar-refractivity contribution in [2.75, 3.05) is 13.7 Å². The number of methoxy groups -OCH3 is 1. The molecule has 0 N–H and O–H groups in total. The zero-order valence-corrected chi connectivity index (χ0v) is 13.1. The van der Waals surface area contributed by atoms with Crippen LogP contribution < -0.4 is 15.0 Å². The second kappa shape index (κ2) is 7.01. The van der Waals surface area contributed by atoms with Gasteiger partial charge in [-0.25, -0.2) is 0 Å². The van der Waals surface area contributed by atoms with Crippen LogP contribution in [-0.4, -0.2) is 18.3 Å². The van der Waals surface area contributed by atoms with Crippen LogP contribution >= 0.6 is 0 Å². The molecule has 2 aromatic carbocycles. The van der Waals surface area contributed by atoms with Crippen molar-refractivity contribution >= 4 is 10.8 Å². The van der Waals surface area contributed by atoms with Gasteiger partial charge >= 0.3 is 0 Å². The van der Waals surface area contributed by atoms with Crippen molar-refractivity contribution < 1.29 is 9.47 Å². The van der Waals surface area contributed by atoms with Gasteiger partial charge in [0.15, 0.2) is 0 Å². The second-order valence-electron chi connectivity index (χ2n) is 5.28. The Balaban J connectivity index is 1.66. The summed E-state index contributed by atoms with van der Waals surface area (Å²) in [4.78, 5) is 12.5. The smallest absolute Gasteiger partial charge is 0.258 e. The molecule has 118 valence electrons. The molecule has 0 aliphatic carbocycles. The molecule has 0 spiro atoms. The fourth-order valence-electron chi connectivity index (χ4n) is 2.51. The average molecular weight is 309 g/mol. The minimum absolute atomic E-state index is 0.0184. The van der Waals surface area contributed by atoms with Crippen LogP contribution in [0.25, 0.3) is 10.8 Å². The van der Waals surface area contributed by atoms with E-state index in [-0.39, 0.29) is 5.56 Å². The van der Waals surface area contributed by atoms with Gasteiger partial charge in [-0.1, -0.05) is 18.2 Å². The second-order valence-corrected chi connectivity index (χ2v) is 5.28. The molecule has 0 aliphatic rings. The molecule has 3 aromatic rings. The lowest BCUT2D eigenvalue weighted by molar-refractivity contribution is 0.301. The number of nitrogens with zero attached hydrogens (tertiary/aromatic N) is 1. The maximum atomic E-state index is 12.5. The molecule has 1 aromatic heterocycles. The quantitative estimate of drug-likeness (QED) is 0.655. The van der Waals surface area contributed by atoms with Crippen molar-refractivity contribution in [2.45, 2.75) is 13.0 Å². The largest absolute Gasteiger partial charge is 0.497 e. The Labute approximate surface area is 134 Å². The van der Waals surface area contributed by atoms with Crippen molar-refractivity contribution in [3.8, 4) is 11.5 Å². The number of benzene rings is 2. The number of ether oxygens (including phenoxy) is 2. The Morgan fingerprint density at radius 3 is 2.61 bits per heavy atom. The molecule has 4 heteroatoms. The molecule has 0 unspecified atom stereocenters. The van der Waals surface area contributed by atoms with Gasteiger partial charge in [0.2, 0.25) is 0 Å². The third kappa shape index (κ3) is 3.54. The zero-order chi connectivity index (χ0) is 16.1. The van der Waals surface area contributed by atoms with E-state index in [2.05, 4.69) is 0 Å². The highest BCUT2D eigenvalue weighted by atomic mass is 16.5. The Morgan fingerprint density at radius 1 is 1.00 bits per heavy atom. The van der Waals surface area contributed by atoms with E-state index in [1.165, 1.54) is 0 Å². The summed E-state index contributed by atoms with van der Waals surface area (Å²) >= 11 is 0. The third-order valence-electron chi connectivity index (χ3n) is 3.74. The fourth-order valence-corrected chi connectivity index (χ4v) is 2.51. The van der Waals surface area contributed by atoms with Gasteiger partial charge in [0.1, 0.15) is 11.5 Å². The van der Waals surface area contributed by atoms with Crippen molar-refractivity contribution in [2.24, 2.45) is 0 Å². The van der Waals surface area contributed by atoms with Gasteiger partial charge in [-0.15, -0.1) is 0 Å². The molecule has 0 aliphatic heterocycles. The number of para-hydroxylation sites is 1. The van der Waals surface area contributed by atoms with Gasteiger partial charge in [-0.2, -0.15) is 0 Å². The van der Waals surface area contributed by atoms with Crippen LogP contribution in [0.4, 0.5) is 0 Å². The number of fused-ring (bicyclic) bond motifs is 1. The summed E-state index contributed by atoms with van der Waals surface area (Å²) in [5.41, 5.74) is 0.0184. The number of rotatable bonds is 6. The van der Waals surface area contributed by atoms with E-state index in [1.54, 1.807) is 11.7 Å². The van der Waals surface area contributed by atoms with Gasteiger partial charge in [0.05, 0.1) is 13.7 Å². The third-order valence-corrected chi connectivity index (χ3v) is 3.74. The summed E-state index contributed by atoms with van der Waals surface area (Å²) in [6, 6.07) is 17.1. The van der Waals surface area contributed by atoms with Crippen molar-refractivity contribution in [1.82, 2.24) is 4.57 Å². The van der Waals surface area contributed by atoms with Crippen LogP contribution in [0, 0.1) is 0 Å². The first-order chi connectivity index (χ1) is 11.3. The number of aryl methyl sites for hydroxylation is 1. The van der Waals surface area contributed by atoms with E-state index in [9.17, 15) is 4.79 Å². The molecule has 0 saturated carbocycles. The predicted molar refractivity (Wildman–Crippen MR) is 91.3 cm³/mol. The van der Waals surface area contributed by atoms with Crippen LogP contribution in [-0.2, 0) is 6.54 Å². The predicted octanol–water partition coefficient (Wildman–Crippen LogP) is 3.48. The van der Waals surface area contributed by atoms with Gasteiger partial charge < -0.3 is 14.0 Å². The van der Waals surface area contributed by atoms with E-state index in [1.807, 2.05) is 60.8 Å². The Bertz CT molecular complexity index is 840. The summed E-state index contributed by atoms with van der Waals surface area (Å²) < 4.78 is 12.6. The molecular formula is C19H19NO3. The van der Waals surface area contributed by atoms with E-state index in [0.29, 0.717) is 18.5 Å². The molecule has 23 heavy (non-hydrogen) atoms. The van der Waals surface area contributed by atoms with Gasteiger partial charge in [0, 0.05) is 18.1 Å². The number of pyridine rings is 1. The molecule has 0 atom stereocenters. The van der Waals surface area contributed by atoms with Crippen LogP contribution in [0.1, 0.15) is 6.42 Å². The van der Waals surface area contributed by atoms with Gasteiger partial charge in [-0.05, 0) is 48.2 Å². The number of hydrogen-bond donors (Lipinski definition) is 0. The Kier molecular flexibility index (Phi) is 4.62. The van der Waals surface area contributed by atoms with Gasteiger partial charge in [-0.3, -0.25) is 4.79 Å². The maximum absolute atomic E-state index is 12.5. The Hall–Kier alpha value is -2.75. The topological polar surface area (TPSA) is 40.5 Å². The summed E-state index contributed by atoms with van der Waals surface area (Å²) in [7, 11) is 1.62. The van der Waals surface area contributed by atoms with E-state index < -0.39 is 0 Å². The van der Waals surface area contributed by atoms with Crippen LogP contribution in [0.3, 0.4) is 0 Å². The van der Waals surface area contributed by atoms with Crippen LogP contribution in [0.2, 0.25) is 0 Å². The summed E-state index contributed by atoms with van der Waals surface area (Å²) in [6.45, 7) is 1.21. The number of hydrogen-bond acceptors (Lipinski definition) is 3. The van der Waals surface area contributed by atoms with E-state index in [0.717, 1.165) is 23.3 Å². The summed E-state index contributed by atoms with van der Waals surface area (Å²) in [6.07, 6.45) is 2.60. The lowest BCUT2D eigenvalue weighted by atomic mass is 10.1. The first-order valence-electron chi connectivity index (χ1n) is 7.63. The van der Waals surface area contributed by atoms with E-state index in [4.69, 9.17) is 9.47 Å². The first kappa shape index (κ1) is 15.2. The average Bonchev–Trinajstić information content (AvgIpc) is 2.61. The first-order valence-corrected chi connectivity index (χ1v) is 7.63. The summed E-state index contributed by atoms with van der Waals surface area (Å²) in [5, 5.41) is 1.60. The zero-order valence-electron chi connectivity index (χ0n) is 13.1. The van der Waals surface area contributed by atoms with Crippen LogP contribution in [0.5, 0.6) is 11.5 Å². The van der Waals surface area contributed by atoms with Crippen molar-refractivity contribution in [1.29, 1.82) is 0 Å². The molecule has 3 rings (SSSR count). The molecule has 4 nitrogen and oxygen atoms in total. The highest BCUT2D eigenvalue weighted by molar-refractivity contribution is 5.82. The monoisotopic (exact) mass is 309 g/mol. The van der Waals surface area contributed by atoms with E-state index >= 15 is 0 Å². The van der Waals surface area contributed by atoms with Crippen LogP contribution in [0.15, 0.2) is 65.6 Å². The maximum Gasteiger partial charge on any atom is 0.258 e. The Morgan fingerprint density at radius 2 is 1.83 bits per heavy atom. The molecule has 0 fully saturated rings. The highest BCUT2D eigenvalue weighted by Gasteiger charge is 2.04. The van der Waals surface area contributed by atoms with Crippen molar-refractivity contribution in [3.63, 3.8) is 0 Å². The molecule has 0 saturated heterocycles. The lowest BCUT2D eigenvalue weighted by Crippen LogP contribution is -2.20. The fraction of sp³-hybridized carbons (Fsp3) is 0.211. The molecule has 0 amide bonds. The van der Waals surface area contributed by atoms with Crippen molar-refractivity contribution in [3.05, 3.63) is 71.1 Å². The molecular weight excluding hydrogens is 290 g/mol. The highest BCUT2D eigenvalue weighted by Crippen LogP contribution is 2.17. The normalized spacial score (nSPS) is 10.7. The minimum Gasteiger partial charge on any atom is -0.497 e. The molecule has 0 radical (unpaired) electrons. The SMILES string of the molecule is COc1ccc2c(=O)n(CCCOc3ccccc3)ccc2c1. The molecule has 1 heterocycles. The standard InChI is InChI=1S/C19H19NO3/c1-22-17-8-9-18-15(14-17)10-12-20(19(18)21)11-5-13-23-16-6-3-2-4-7-16/h2-4,6-10,12,14H,5,11,13H2,1H3. The number of aromatic nitrogens is 1. The van der Waals surface area contributed by atoms with Gasteiger partial charge in [0.25, 0.3) is 5.56 Å². The lowest BCUT2D eigenvalue weighted by Gasteiger charge is -2.09. The summed E-state index contributed by atoms with van der Waals surface area (Å²) in [5.74, 6) is 1.61. The molecule has 0 bridgehead atoms. The minimum atomic E-state index is 0.0184.